The molecular weight excluding hydrogens is 569 g/mol. The van der Waals surface area contributed by atoms with Crippen molar-refractivity contribution in [2.24, 2.45) is 15.8 Å². The number of carbonyl (C=O) groups excluding carboxylic acids is 2. The number of nitrogens with one attached hydrogen (secondary N) is 2. The topological polar surface area (TPSA) is 141 Å². The van der Waals surface area contributed by atoms with Crippen molar-refractivity contribution in [2.45, 2.75) is 55.0 Å². The molecule has 0 spiro atoms. The van der Waals surface area contributed by atoms with Crippen LogP contribution in [-0.2, 0) is 17.3 Å². The number of aliphatic imine (C=N–C) groups is 1. The van der Waals surface area contributed by atoms with Crippen LogP contribution in [0.25, 0.3) is 0 Å². The molecule has 0 heterocycles. The van der Waals surface area contributed by atoms with Crippen LogP contribution in [0.2, 0.25) is 0 Å². The van der Waals surface area contributed by atoms with Crippen LogP contribution < -0.4 is 16.0 Å². The highest BCUT2D eigenvalue weighted by molar-refractivity contribution is 7.86. The molecule has 9 nitrogen and oxygen atoms in total. The number of nitrogens with zero attached hydrogens (tertiary/aromatic N) is 3. The molecule has 220 valence electrons. The normalized spacial score (nSPS) is 15.1. The number of anilines is 2. The summed E-state index contributed by atoms with van der Waals surface area (Å²) < 4.78 is 50.1. The minimum absolute atomic E-state index is 0.104. The van der Waals surface area contributed by atoms with Crippen molar-refractivity contribution >= 4 is 40.1 Å². The lowest BCUT2D eigenvalue weighted by molar-refractivity contribution is -0.0384. The van der Waals surface area contributed by atoms with Gasteiger partial charge in [0.25, 0.3) is 5.91 Å². The Labute approximate surface area is 243 Å². The highest BCUT2D eigenvalue weighted by Crippen LogP contribution is 2.34. The number of rotatable bonds is 7. The molecule has 1 fully saturated rings. The first-order chi connectivity index (χ1) is 20.0. The van der Waals surface area contributed by atoms with E-state index in [-0.39, 0.29) is 17.8 Å². The summed E-state index contributed by atoms with van der Waals surface area (Å²) in [6.07, 6.45) is 5.85. The van der Waals surface area contributed by atoms with Crippen molar-refractivity contribution in [1.82, 2.24) is 0 Å². The lowest BCUT2D eigenvalue weighted by Crippen LogP contribution is -2.34. The van der Waals surface area contributed by atoms with E-state index in [1.807, 2.05) is 24.3 Å². The smallest absolute Gasteiger partial charge is 0.366 e. The fraction of sp³-hybridized carbons (Fsp3) is 0.276. The number of halogens is 3. The van der Waals surface area contributed by atoms with Crippen LogP contribution in [0.15, 0.2) is 87.8 Å². The molecule has 0 saturated heterocycles. The highest BCUT2D eigenvalue weighted by Gasteiger charge is 2.37. The summed E-state index contributed by atoms with van der Waals surface area (Å²) in [5.74, 6) is -0.667. The van der Waals surface area contributed by atoms with Gasteiger partial charge >= 0.3 is 11.5 Å². The maximum absolute atomic E-state index is 13.5. The Morgan fingerprint density at radius 3 is 2.14 bits per heavy atom. The Morgan fingerprint density at radius 2 is 1.57 bits per heavy atom. The molecule has 1 atom stereocenters. The second kappa shape index (κ2) is 13.5. The van der Waals surface area contributed by atoms with E-state index in [1.54, 1.807) is 12.1 Å². The Morgan fingerprint density at radius 1 is 0.952 bits per heavy atom. The zero-order valence-corrected chi connectivity index (χ0v) is 23.3. The number of carbonyl (C=O) groups is 2. The Kier molecular flexibility index (Phi) is 9.84. The van der Waals surface area contributed by atoms with Gasteiger partial charge in [0.1, 0.15) is 0 Å². The van der Waals surface area contributed by atoms with Crippen LogP contribution in [0.5, 0.6) is 0 Å². The Bertz CT molecular complexity index is 1470. The second-order valence-electron chi connectivity index (χ2n) is 9.77. The van der Waals surface area contributed by atoms with Gasteiger partial charge in [-0.05, 0) is 78.4 Å². The largest absolute Gasteiger partial charge is 0.475 e. The molecule has 1 unspecified atom stereocenters. The Hall–Kier alpha value is -4.39. The molecular formula is C29H29F3N6O3S. The molecule has 0 aliphatic heterocycles. The summed E-state index contributed by atoms with van der Waals surface area (Å²) in [6, 6.07) is 18.2. The molecule has 3 aromatic rings. The third kappa shape index (κ3) is 7.87. The molecule has 1 aliphatic carbocycles. The van der Waals surface area contributed by atoms with Gasteiger partial charge in [0.15, 0.2) is 10.8 Å². The van der Waals surface area contributed by atoms with E-state index in [1.165, 1.54) is 54.0 Å². The molecule has 1 aliphatic rings. The van der Waals surface area contributed by atoms with Gasteiger partial charge < -0.3 is 11.1 Å². The SMILES string of the molecule is N=NC(N)=NC(=O)c1ccc(CN(C(=O)Nc2ccc(S(=O)C(F)(F)F)cc2)c2ccc(C3CCCCC3)cc2)cc1. The summed E-state index contributed by atoms with van der Waals surface area (Å²) in [7, 11) is -3.18. The second-order valence-corrected chi connectivity index (χ2v) is 11.2. The molecule has 0 radical (unpaired) electrons. The monoisotopic (exact) mass is 598 g/mol. The molecule has 4 N–H and O–H groups in total. The van der Waals surface area contributed by atoms with Gasteiger partial charge in [-0.3, -0.25) is 9.69 Å². The quantitative estimate of drug-likeness (QED) is 0.152. The highest BCUT2D eigenvalue weighted by atomic mass is 32.2. The molecule has 3 amide bonds. The molecule has 1 saturated carbocycles. The fourth-order valence-electron chi connectivity index (χ4n) is 4.76. The van der Waals surface area contributed by atoms with Crippen molar-refractivity contribution in [3.8, 4) is 0 Å². The summed E-state index contributed by atoms with van der Waals surface area (Å²) in [5.41, 5.74) is 10.2. The molecule has 0 aromatic heterocycles. The van der Waals surface area contributed by atoms with Crippen LogP contribution in [-0.4, -0.2) is 27.6 Å². The van der Waals surface area contributed by atoms with Gasteiger partial charge in [0, 0.05) is 21.8 Å². The molecule has 13 heteroatoms. The number of alkyl halides is 3. The third-order valence-electron chi connectivity index (χ3n) is 6.93. The van der Waals surface area contributed by atoms with Gasteiger partial charge in [-0.25, -0.2) is 14.5 Å². The summed E-state index contributed by atoms with van der Waals surface area (Å²) in [4.78, 5) is 30.2. The van der Waals surface area contributed by atoms with E-state index in [4.69, 9.17) is 11.3 Å². The van der Waals surface area contributed by atoms with Gasteiger partial charge in [-0.15, -0.1) is 5.11 Å². The van der Waals surface area contributed by atoms with Crippen molar-refractivity contribution in [3.05, 3.63) is 89.5 Å². The number of benzene rings is 3. The van der Waals surface area contributed by atoms with E-state index in [0.29, 0.717) is 17.2 Å². The first kappa shape index (κ1) is 30.6. The maximum Gasteiger partial charge on any atom is 0.475 e. The van der Waals surface area contributed by atoms with E-state index < -0.39 is 39.1 Å². The van der Waals surface area contributed by atoms with E-state index in [0.717, 1.165) is 25.0 Å². The predicted octanol–water partition coefficient (Wildman–Crippen LogP) is 7.09. The first-order valence-electron chi connectivity index (χ1n) is 13.2. The fourth-order valence-corrected chi connectivity index (χ4v) is 5.41. The van der Waals surface area contributed by atoms with Crippen LogP contribution in [0.3, 0.4) is 0 Å². The minimum Gasteiger partial charge on any atom is -0.366 e. The van der Waals surface area contributed by atoms with Crippen LogP contribution >= 0.6 is 0 Å². The number of guanidine groups is 1. The number of hydrogen-bond donors (Lipinski definition) is 3. The molecule has 3 aromatic carbocycles. The van der Waals surface area contributed by atoms with E-state index >= 15 is 0 Å². The van der Waals surface area contributed by atoms with Crippen molar-refractivity contribution < 1.29 is 27.0 Å². The van der Waals surface area contributed by atoms with Gasteiger partial charge in [0.2, 0.25) is 5.96 Å². The van der Waals surface area contributed by atoms with Crippen LogP contribution in [0.4, 0.5) is 29.3 Å². The number of urea groups is 1. The number of nitrogens with two attached hydrogens (primary N) is 1. The lowest BCUT2D eigenvalue weighted by Gasteiger charge is -2.26. The molecule has 42 heavy (non-hydrogen) atoms. The average molecular weight is 599 g/mol. The van der Waals surface area contributed by atoms with Crippen LogP contribution in [0.1, 0.15) is 59.5 Å². The Balaban J connectivity index is 1.56. The zero-order valence-electron chi connectivity index (χ0n) is 22.4. The average Bonchev–Trinajstić information content (AvgIpc) is 3.00. The summed E-state index contributed by atoms with van der Waals surface area (Å²) in [6.45, 7) is 0.104. The van der Waals surface area contributed by atoms with Gasteiger partial charge in [-0.1, -0.05) is 43.5 Å². The van der Waals surface area contributed by atoms with Gasteiger partial charge in [-0.2, -0.15) is 18.2 Å². The first-order valence-corrected chi connectivity index (χ1v) is 14.3. The van der Waals surface area contributed by atoms with E-state index in [9.17, 15) is 27.0 Å². The minimum atomic E-state index is -4.89. The number of amides is 3. The lowest BCUT2D eigenvalue weighted by atomic mass is 9.84. The summed E-state index contributed by atoms with van der Waals surface area (Å²) >= 11 is 0. The van der Waals surface area contributed by atoms with Gasteiger partial charge in [0.05, 0.1) is 6.54 Å². The van der Waals surface area contributed by atoms with Crippen molar-refractivity contribution in [3.63, 3.8) is 0 Å². The van der Waals surface area contributed by atoms with Crippen molar-refractivity contribution in [2.75, 3.05) is 10.2 Å². The maximum atomic E-state index is 13.5. The molecule has 0 bridgehead atoms. The molecule has 4 rings (SSSR count). The number of hydrogen-bond acceptors (Lipinski definition) is 4. The van der Waals surface area contributed by atoms with E-state index in [2.05, 4.69) is 15.4 Å². The van der Waals surface area contributed by atoms with Crippen LogP contribution in [0, 0.1) is 5.53 Å². The summed E-state index contributed by atoms with van der Waals surface area (Å²) in [5, 5.41) is 5.59. The predicted molar refractivity (Wildman–Crippen MR) is 154 cm³/mol. The third-order valence-corrected chi connectivity index (χ3v) is 8.05. The van der Waals surface area contributed by atoms with Crippen molar-refractivity contribution in [1.29, 1.82) is 5.53 Å². The zero-order chi connectivity index (χ0) is 30.3. The standard InChI is InChI=1S/C29H29F3N6O3S/c30-29(31,32)42(41)25-16-12-23(13-17-25)35-28(40)38(24-14-10-21(11-15-24)20-4-2-1-3-5-20)18-19-6-8-22(9-7-19)26(39)36-27(33)37-34/h6-17,20,34H,1-5,18H2,(H,35,40)(H2,33,36,39).